The first kappa shape index (κ1) is 16.0. The van der Waals surface area contributed by atoms with E-state index in [1.54, 1.807) is 22.7 Å². The molecule has 0 fully saturated rings. The quantitative estimate of drug-likeness (QED) is 0.677. The molecule has 0 saturated carbocycles. The third-order valence-corrected chi connectivity index (χ3v) is 4.93. The molecule has 114 valence electrons. The van der Waals surface area contributed by atoms with Crippen LogP contribution in [0.4, 0.5) is 0 Å². The molecule has 0 unspecified atom stereocenters. The van der Waals surface area contributed by atoms with Crippen LogP contribution in [0, 0.1) is 13.8 Å². The highest BCUT2D eigenvalue weighted by molar-refractivity contribution is 7.10. The van der Waals surface area contributed by atoms with Crippen LogP contribution in [0.3, 0.4) is 0 Å². The Balaban J connectivity index is 2.04. The second-order valence-corrected chi connectivity index (χ2v) is 6.97. The summed E-state index contributed by atoms with van der Waals surface area (Å²) in [6.07, 6.45) is 0. The van der Waals surface area contributed by atoms with E-state index >= 15 is 0 Å². The standard InChI is InChI=1S/C15H22N4S2/c1-5-16-15(17-8-14-11(2)6-7-20-14)19(4)9-13-10-21-12(3)18-13/h6-7,10H,5,8-9H2,1-4H3,(H,16,17). The summed E-state index contributed by atoms with van der Waals surface area (Å²) in [6, 6.07) is 2.14. The summed E-state index contributed by atoms with van der Waals surface area (Å²) in [7, 11) is 2.05. The molecule has 2 aromatic heterocycles. The van der Waals surface area contributed by atoms with Crippen LogP contribution in [0.5, 0.6) is 0 Å². The van der Waals surface area contributed by atoms with Gasteiger partial charge in [0.15, 0.2) is 5.96 Å². The summed E-state index contributed by atoms with van der Waals surface area (Å²) in [5.41, 5.74) is 2.41. The maximum atomic E-state index is 4.74. The second-order valence-electron chi connectivity index (χ2n) is 4.91. The number of nitrogens with one attached hydrogen (secondary N) is 1. The molecule has 0 aliphatic rings. The molecule has 0 bridgehead atoms. The number of aryl methyl sites for hydroxylation is 2. The Morgan fingerprint density at radius 1 is 1.38 bits per heavy atom. The molecular formula is C15H22N4S2. The van der Waals surface area contributed by atoms with Crippen molar-refractivity contribution in [2.45, 2.75) is 33.9 Å². The SMILES string of the molecule is CCNC(=NCc1sccc1C)N(C)Cc1csc(C)n1. The van der Waals surface area contributed by atoms with Crippen molar-refractivity contribution in [2.24, 2.45) is 4.99 Å². The van der Waals surface area contributed by atoms with Crippen molar-refractivity contribution in [2.75, 3.05) is 13.6 Å². The minimum atomic E-state index is 0.728. The minimum Gasteiger partial charge on any atom is -0.357 e. The number of hydrogen-bond donors (Lipinski definition) is 1. The fourth-order valence-electron chi connectivity index (χ4n) is 1.98. The molecule has 21 heavy (non-hydrogen) atoms. The van der Waals surface area contributed by atoms with Crippen molar-refractivity contribution in [3.63, 3.8) is 0 Å². The van der Waals surface area contributed by atoms with E-state index in [0.717, 1.165) is 36.3 Å². The zero-order chi connectivity index (χ0) is 15.2. The molecule has 0 radical (unpaired) electrons. The Bertz CT molecular complexity index is 600. The maximum Gasteiger partial charge on any atom is 0.194 e. The first-order valence-corrected chi connectivity index (χ1v) is 8.79. The summed E-state index contributed by atoms with van der Waals surface area (Å²) >= 11 is 3.45. The van der Waals surface area contributed by atoms with Gasteiger partial charge in [-0.3, -0.25) is 0 Å². The number of hydrogen-bond acceptors (Lipinski definition) is 4. The van der Waals surface area contributed by atoms with Crippen LogP contribution in [0.25, 0.3) is 0 Å². The Morgan fingerprint density at radius 3 is 2.76 bits per heavy atom. The normalized spacial score (nSPS) is 11.7. The van der Waals surface area contributed by atoms with Crippen LogP contribution in [-0.4, -0.2) is 29.4 Å². The smallest absolute Gasteiger partial charge is 0.194 e. The van der Waals surface area contributed by atoms with E-state index in [1.165, 1.54) is 10.4 Å². The molecule has 0 aliphatic heterocycles. The molecular weight excluding hydrogens is 300 g/mol. The maximum absolute atomic E-state index is 4.74. The van der Waals surface area contributed by atoms with Crippen molar-refractivity contribution in [3.8, 4) is 0 Å². The van der Waals surface area contributed by atoms with E-state index in [1.807, 2.05) is 6.92 Å². The molecule has 2 aromatic rings. The number of thiazole rings is 1. The van der Waals surface area contributed by atoms with Gasteiger partial charge >= 0.3 is 0 Å². The summed E-state index contributed by atoms with van der Waals surface area (Å²) in [4.78, 5) is 12.7. The molecule has 0 atom stereocenters. The number of thiophene rings is 1. The summed E-state index contributed by atoms with van der Waals surface area (Å²) in [6.45, 7) is 8.63. The van der Waals surface area contributed by atoms with Gasteiger partial charge in [-0.25, -0.2) is 9.98 Å². The lowest BCUT2D eigenvalue weighted by Crippen LogP contribution is -2.38. The van der Waals surface area contributed by atoms with E-state index in [2.05, 4.69) is 52.9 Å². The van der Waals surface area contributed by atoms with Gasteiger partial charge < -0.3 is 10.2 Å². The van der Waals surface area contributed by atoms with Gasteiger partial charge in [0.25, 0.3) is 0 Å². The van der Waals surface area contributed by atoms with Gasteiger partial charge in [0, 0.05) is 23.8 Å². The third-order valence-electron chi connectivity index (χ3n) is 3.10. The zero-order valence-electron chi connectivity index (χ0n) is 13.0. The molecule has 1 N–H and O–H groups in total. The predicted octanol–water partition coefficient (Wildman–Crippen LogP) is 3.42. The number of guanidine groups is 1. The Kier molecular flexibility index (Phi) is 5.76. The lowest BCUT2D eigenvalue weighted by atomic mass is 10.3. The summed E-state index contributed by atoms with van der Waals surface area (Å²) in [5.74, 6) is 0.927. The summed E-state index contributed by atoms with van der Waals surface area (Å²) < 4.78 is 0. The number of aromatic nitrogens is 1. The van der Waals surface area contributed by atoms with E-state index in [4.69, 9.17) is 4.99 Å². The molecule has 2 heterocycles. The number of rotatable bonds is 5. The minimum absolute atomic E-state index is 0.728. The van der Waals surface area contributed by atoms with Crippen LogP contribution in [0.2, 0.25) is 0 Å². The highest BCUT2D eigenvalue weighted by atomic mass is 32.1. The van der Waals surface area contributed by atoms with Crippen molar-refractivity contribution < 1.29 is 0 Å². The first-order chi connectivity index (χ1) is 10.1. The second kappa shape index (κ2) is 7.56. The van der Waals surface area contributed by atoms with Crippen molar-refractivity contribution in [1.29, 1.82) is 0 Å². The fourth-order valence-corrected chi connectivity index (χ4v) is 3.41. The van der Waals surface area contributed by atoms with Crippen LogP contribution in [-0.2, 0) is 13.1 Å². The van der Waals surface area contributed by atoms with Crippen LogP contribution in [0.15, 0.2) is 21.8 Å². The van der Waals surface area contributed by atoms with E-state index in [-0.39, 0.29) is 0 Å². The molecule has 0 aromatic carbocycles. The highest BCUT2D eigenvalue weighted by Gasteiger charge is 2.09. The van der Waals surface area contributed by atoms with Gasteiger partial charge in [0.2, 0.25) is 0 Å². The van der Waals surface area contributed by atoms with E-state index in [9.17, 15) is 0 Å². The average Bonchev–Trinajstić information content (AvgIpc) is 3.03. The molecule has 0 amide bonds. The zero-order valence-corrected chi connectivity index (χ0v) is 14.6. The molecule has 6 heteroatoms. The molecule has 0 aliphatic carbocycles. The van der Waals surface area contributed by atoms with Gasteiger partial charge in [-0.1, -0.05) is 0 Å². The van der Waals surface area contributed by atoms with Crippen LogP contribution < -0.4 is 5.32 Å². The summed E-state index contributed by atoms with van der Waals surface area (Å²) in [5, 5.41) is 8.68. The number of nitrogens with zero attached hydrogens (tertiary/aromatic N) is 3. The highest BCUT2D eigenvalue weighted by Crippen LogP contribution is 2.16. The third kappa shape index (κ3) is 4.54. The van der Waals surface area contributed by atoms with E-state index in [0.29, 0.717) is 0 Å². The van der Waals surface area contributed by atoms with Crippen molar-refractivity contribution >= 4 is 28.6 Å². The van der Waals surface area contributed by atoms with Gasteiger partial charge in [0.05, 0.1) is 23.8 Å². The molecule has 0 saturated heterocycles. The van der Waals surface area contributed by atoms with Crippen LogP contribution in [0.1, 0.15) is 28.1 Å². The molecule has 0 spiro atoms. The van der Waals surface area contributed by atoms with Gasteiger partial charge in [-0.05, 0) is 37.8 Å². The van der Waals surface area contributed by atoms with E-state index < -0.39 is 0 Å². The average molecular weight is 323 g/mol. The van der Waals surface area contributed by atoms with Gasteiger partial charge in [-0.2, -0.15) is 0 Å². The predicted molar refractivity (Wildman–Crippen MR) is 92.2 cm³/mol. The molecule has 4 nitrogen and oxygen atoms in total. The van der Waals surface area contributed by atoms with Crippen LogP contribution >= 0.6 is 22.7 Å². The van der Waals surface area contributed by atoms with Crippen molar-refractivity contribution in [3.05, 3.63) is 38.0 Å². The Hall–Kier alpha value is -1.40. The lowest BCUT2D eigenvalue weighted by Gasteiger charge is -2.21. The first-order valence-electron chi connectivity index (χ1n) is 7.03. The topological polar surface area (TPSA) is 40.5 Å². The van der Waals surface area contributed by atoms with Gasteiger partial charge in [-0.15, -0.1) is 22.7 Å². The lowest BCUT2D eigenvalue weighted by molar-refractivity contribution is 0.471. The van der Waals surface area contributed by atoms with Crippen molar-refractivity contribution in [1.82, 2.24) is 15.2 Å². The monoisotopic (exact) mass is 322 g/mol. The largest absolute Gasteiger partial charge is 0.357 e. The number of aliphatic imine (C=N–C) groups is 1. The Morgan fingerprint density at radius 2 is 2.19 bits per heavy atom. The Labute approximate surface area is 134 Å². The fraction of sp³-hybridized carbons (Fsp3) is 0.467. The van der Waals surface area contributed by atoms with Gasteiger partial charge in [0.1, 0.15) is 0 Å². The molecule has 2 rings (SSSR count).